The first kappa shape index (κ1) is 21.0. The molecule has 0 bridgehead atoms. The minimum absolute atomic E-state index is 0.0548. The molecule has 1 saturated heterocycles. The first-order valence-corrected chi connectivity index (χ1v) is 11.7. The highest BCUT2D eigenvalue weighted by molar-refractivity contribution is 5.85. The number of benzene rings is 1. The summed E-state index contributed by atoms with van der Waals surface area (Å²) in [7, 11) is 0. The Labute approximate surface area is 189 Å². The van der Waals surface area contributed by atoms with Crippen LogP contribution >= 0.6 is 0 Å². The van der Waals surface area contributed by atoms with Gasteiger partial charge in [-0.15, -0.1) is 0 Å². The van der Waals surface area contributed by atoms with Crippen molar-refractivity contribution in [3.8, 4) is 0 Å². The van der Waals surface area contributed by atoms with Crippen molar-refractivity contribution in [2.24, 2.45) is 0 Å². The Bertz CT molecular complexity index is 1080. The summed E-state index contributed by atoms with van der Waals surface area (Å²) in [4.78, 5) is 13.4. The molecule has 3 aromatic rings. The summed E-state index contributed by atoms with van der Waals surface area (Å²) < 4.78 is 12.3. The number of hydrogen-bond acceptors (Lipinski definition) is 4. The van der Waals surface area contributed by atoms with Crippen molar-refractivity contribution in [1.82, 2.24) is 20.2 Å². The molecule has 0 radical (unpaired) electrons. The summed E-state index contributed by atoms with van der Waals surface area (Å²) in [5, 5.41) is 4.73. The Morgan fingerprint density at radius 3 is 2.84 bits per heavy atom. The van der Waals surface area contributed by atoms with Gasteiger partial charge in [-0.3, -0.25) is 9.37 Å². The average Bonchev–Trinajstić information content (AvgIpc) is 3.18. The second-order valence-corrected chi connectivity index (χ2v) is 8.87. The molecule has 5 rings (SSSR count). The molecule has 168 valence electrons. The van der Waals surface area contributed by atoms with E-state index >= 15 is 0 Å². The SMILES string of the molecule is C=C(CC)N1CCc2c([nH]c3ccccc23)[C@H]1c1ccc(N2CC(NCCCF)C2)cn1. The van der Waals surface area contributed by atoms with Crippen molar-refractivity contribution in [3.05, 3.63) is 71.8 Å². The molecule has 32 heavy (non-hydrogen) atoms. The quantitative estimate of drug-likeness (QED) is 0.511. The Balaban J connectivity index is 1.39. The largest absolute Gasteiger partial charge is 0.367 e. The van der Waals surface area contributed by atoms with Gasteiger partial charge in [0.05, 0.1) is 24.3 Å². The molecule has 0 amide bonds. The van der Waals surface area contributed by atoms with Gasteiger partial charge in [0.1, 0.15) is 6.04 Å². The van der Waals surface area contributed by atoms with Crippen LogP contribution < -0.4 is 10.2 Å². The Morgan fingerprint density at radius 2 is 2.09 bits per heavy atom. The molecule has 2 aliphatic rings. The van der Waals surface area contributed by atoms with Gasteiger partial charge in [0.25, 0.3) is 0 Å². The van der Waals surface area contributed by atoms with E-state index < -0.39 is 0 Å². The lowest BCUT2D eigenvalue weighted by molar-refractivity contribution is 0.261. The van der Waals surface area contributed by atoms with E-state index in [1.807, 2.05) is 6.20 Å². The molecule has 0 unspecified atom stereocenters. The molecule has 0 spiro atoms. The molecule has 5 nitrogen and oxygen atoms in total. The minimum atomic E-state index is -0.254. The molecule has 2 aromatic heterocycles. The highest BCUT2D eigenvalue weighted by Crippen LogP contribution is 2.40. The molecule has 0 saturated carbocycles. The zero-order valence-corrected chi connectivity index (χ0v) is 18.8. The lowest BCUT2D eigenvalue weighted by Crippen LogP contribution is -2.58. The van der Waals surface area contributed by atoms with E-state index in [9.17, 15) is 4.39 Å². The van der Waals surface area contributed by atoms with Crippen LogP contribution in [0.5, 0.6) is 0 Å². The zero-order valence-electron chi connectivity index (χ0n) is 18.8. The van der Waals surface area contributed by atoms with Gasteiger partial charge in [0, 0.05) is 48.0 Å². The second-order valence-electron chi connectivity index (χ2n) is 8.87. The van der Waals surface area contributed by atoms with Gasteiger partial charge in [-0.25, -0.2) is 0 Å². The first-order chi connectivity index (χ1) is 15.7. The number of allylic oxidation sites excluding steroid dienone is 1. The number of hydrogen-bond donors (Lipinski definition) is 2. The number of aromatic amines is 1. The predicted molar refractivity (Wildman–Crippen MR) is 129 cm³/mol. The van der Waals surface area contributed by atoms with E-state index in [4.69, 9.17) is 4.98 Å². The first-order valence-electron chi connectivity index (χ1n) is 11.7. The van der Waals surface area contributed by atoms with Crippen LogP contribution in [0.3, 0.4) is 0 Å². The van der Waals surface area contributed by atoms with Crippen LogP contribution in [0.4, 0.5) is 10.1 Å². The fourth-order valence-corrected chi connectivity index (χ4v) is 5.03. The third-order valence-corrected chi connectivity index (χ3v) is 6.89. The normalized spacial score (nSPS) is 18.6. The van der Waals surface area contributed by atoms with Crippen molar-refractivity contribution in [3.63, 3.8) is 0 Å². The van der Waals surface area contributed by atoms with E-state index in [0.717, 1.165) is 56.1 Å². The highest BCUT2D eigenvalue weighted by Gasteiger charge is 2.33. The number of para-hydroxylation sites is 1. The molecule has 0 aliphatic carbocycles. The lowest BCUT2D eigenvalue weighted by Gasteiger charge is -2.42. The van der Waals surface area contributed by atoms with E-state index in [-0.39, 0.29) is 12.7 Å². The molecule has 1 atom stereocenters. The topological polar surface area (TPSA) is 47.2 Å². The van der Waals surface area contributed by atoms with E-state index in [1.165, 1.54) is 22.2 Å². The van der Waals surface area contributed by atoms with Gasteiger partial charge in [0.15, 0.2) is 0 Å². The van der Waals surface area contributed by atoms with Crippen LogP contribution in [0.25, 0.3) is 10.9 Å². The zero-order chi connectivity index (χ0) is 22.1. The van der Waals surface area contributed by atoms with Crippen LogP contribution in [0, 0.1) is 0 Å². The smallest absolute Gasteiger partial charge is 0.112 e. The van der Waals surface area contributed by atoms with Crippen LogP contribution in [0.1, 0.15) is 42.8 Å². The Morgan fingerprint density at radius 1 is 1.25 bits per heavy atom. The summed E-state index contributed by atoms with van der Waals surface area (Å²) in [6, 6.07) is 13.4. The predicted octanol–water partition coefficient (Wildman–Crippen LogP) is 4.57. The number of nitrogens with zero attached hydrogens (tertiary/aromatic N) is 3. The van der Waals surface area contributed by atoms with Crippen molar-refractivity contribution in [2.75, 3.05) is 37.8 Å². The average molecular weight is 434 g/mol. The number of halogens is 1. The summed E-state index contributed by atoms with van der Waals surface area (Å²) in [5.74, 6) is 0. The summed E-state index contributed by atoms with van der Waals surface area (Å²) in [5.41, 5.74) is 7.18. The van der Waals surface area contributed by atoms with E-state index in [2.05, 4.69) is 70.0 Å². The number of aromatic nitrogens is 2. The second kappa shape index (κ2) is 8.94. The Hall–Kier alpha value is -2.86. The maximum atomic E-state index is 12.3. The molecule has 4 heterocycles. The third kappa shape index (κ3) is 3.77. The summed E-state index contributed by atoms with van der Waals surface area (Å²) in [6.45, 7) is 9.86. The molecule has 1 fully saturated rings. The molecule has 1 aromatic carbocycles. The fraction of sp³-hybridized carbons (Fsp3) is 0.423. The number of pyridine rings is 1. The van der Waals surface area contributed by atoms with Crippen molar-refractivity contribution in [2.45, 2.75) is 38.3 Å². The van der Waals surface area contributed by atoms with Crippen molar-refractivity contribution >= 4 is 16.6 Å². The number of rotatable bonds is 8. The van der Waals surface area contributed by atoms with Crippen molar-refractivity contribution < 1.29 is 4.39 Å². The Kier molecular flexibility index (Phi) is 5.87. The number of H-pyrrole nitrogens is 1. The van der Waals surface area contributed by atoms with Crippen LogP contribution in [-0.2, 0) is 6.42 Å². The molecule has 2 N–H and O–H groups in total. The van der Waals surface area contributed by atoms with Crippen LogP contribution in [0.15, 0.2) is 54.9 Å². The van der Waals surface area contributed by atoms with Gasteiger partial charge in [0.2, 0.25) is 0 Å². The monoisotopic (exact) mass is 433 g/mol. The summed E-state index contributed by atoms with van der Waals surface area (Å²) in [6.07, 6.45) is 4.52. The maximum absolute atomic E-state index is 12.3. The molecule has 2 aliphatic heterocycles. The van der Waals surface area contributed by atoms with Gasteiger partial charge in [-0.05, 0) is 49.6 Å². The minimum Gasteiger partial charge on any atom is -0.367 e. The van der Waals surface area contributed by atoms with Crippen LogP contribution in [-0.4, -0.2) is 53.8 Å². The molecular weight excluding hydrogens is 401 g/mol. The number of nitrogens with one attached hydrogen (secondary N) is 2. The maximum Gasteiger partial charge on any atom is 0.112 e. The standard InChI is InChI=1S/C26H32FN5/c1-3-18(2)32-14-11-22-21-7-4-5-8-23(21)30-25(22)26(32)24-10-9-20(15-29-24)31-16-19(17-31)28-13-6-12-27/h4-5,7-10,15,19,26,28,30H,2-3,6,11-14,16-17H2,1H3/t26-/m1/s1. The lowest BCUT2D eigenvalue weighted by atomic mass is 9.94. The number of alkyl halides is 1. The number of anilines is 1. The van der Waals surface area contributed by atoms with Gasteiger partial charge in [-0.1, -0.05) is 31.7 Å². The van der Waals surface area contributed by atoms with E-state index in [0.29, 0.717) is 12.5 Å². The van der Waals surface area contributed by atoms with Crippen LogP contribution in [0.2, 0.25) is 0 Å². The van der Waals surface area contributed by atoms with Gasteiger partial charge in [-0.2, -0.15) is 0 Å². The number of fused-ring (bicyclic) bond motifs is 3. The summed E-state index contributed by atoms with van der Waals surface area (Å²) >= 11 is 0. The van der Waals surface area contributed by atoms with E-state index in [1.54, 1.807) is 0 Å². The van der Waals surface area contributed by atoms with Gasteiger partial charge >= 0.3 is 0 Å². The molecule has 6 heteroatoms. The van der Waals surface area contributed by atoms with Crippen molar-refractivity contribution in [1.29, 1.82) is 0 Å². The fourth-order valence-electron chi connectivity index (χ4n) is 5.03. The molecular formula is C26H32FN5. The van der Waals surface area contributed by atoms with Gasteiger partial charge < -0.3 is 20.1 Å². The third-order valence-electron chi connectivity index (χ3n) is 6.89. The highest BCUT2D eigenvalue weighted by atomic mass is 19.1.